The summed E-state index contributed by atoms with van der Waals surface area (Å²) in [4.78, 5) is 11.1. The molecule has 1 amide bonds. The Morgan fingerprint density at radius 1 is 1.38 bits per heavy atom. The van der Waals surface area contributed by atoms with Crippen LogP contribution in [0, 0.1) is 11.8 Å². The van der Waals surface area contributed by atoms with Gasteiger partial charge in [0.2, 0.25) is 5.91 Å². The molecular weight excluding hydrogens is 162 g/mol. The maximum Gasteiger partial charge on any atom is 0.224 e. The van der Waals surface area contributed by atoms with E-state index in [4.69, 9.17) is 0 Å². The lowest BCUT2D eigenvalue weighted by Gasteiger charge is -2.30. The van der Waals surface area contributed by atoms with Crippen LogP contribution in [0.2, 0.25) is 0 Å². The van der Waals surface area contributed by atoms with Crippen molar-refractivity contribution in [1.29, 1.82) is 0 Å². The lowest BCUT2D eigenvalue weighted by atomic mass is 9.80. The molecule has 0 aromatic rings. The van der Waals surface area contributed by atoms with Crippen molar-refractivity contribution in [3.8, 4) is 0 Å². The van der Waals surface area contributed by atoms with Gasteiger partial charge in [0, 0.05) is 12.1 Å². The fourth-order valence-electron chi connectivity index (χ4n) is 2.03. The highest BCUT2D eigenvalue weighted by Crippen LogP contribution is 2.33. The van der Waals surface area contributed by atoms with Gasteiger partial charge in [0.25, 0.3) is 0 Å². The van der Waals surface area contributed by atoms with Gasteiger partial charge in [-0.25, -0.2) is 0 Å². The number of allylic oxidation sites excluding steroid dienone is 3. The third kappa shape index (κ3) is 1.41. The minimum Gasteiger partial charge on any atom is -0.326 e. The summed E-state index contributed by atoms with van der Waals surface area (Å²) in [6, 6.07) is 0. The van der Waals surface area contributed by atoms with E-state index in [0.29, 0.717) is 18.3 Å². The highest BCUT2D eigenvalue weighted by atomic mass is 16.1. The summed E-state index contributed by atoms with van der Waals surface area (Å²) < 4.78 is 0. The Morgan fingerprint density at radius 3 is 2.92 bits per heavy atom. The number of carbonyl (C=O) groups excluding carboxylic acids is 1. The molecule has 0 saturated carbocycles. The predicted octanol–water partition coefficient (Wildman–Crippen LogP) is 1.99. The monoisotopic (exact) mass is 177 g/mol. The van der Waals surface area contributed by atoms with E-state index in [0.717, 1.165) is 12.1 Å². The first-order chi connectivity index (χ1) is 6.18. The smallest absolute Gasteiger partial charge is 0.224 e. The van der Waals surface area contributed by atoms with Crippen molar-refractivity contribution in [2.24, 2.45) is 11.8 Å². The van der Waals surface area contributed by atoms with E-state index < -0.39 is 0 Å². The van der Waals surface area contributed by atoms with Crippen LogP contribution in [0.15, 0.2) is 23.4 Å². The maximum atomic E-state index is 11.1. The molecular formula is C11H15NO. The first-order valence-electron chi connectivity index (χ1n) is 4.89. The van der Waals surface area contributed by atoms with E-state index >= 15 is 0 Å². The van der Waals surface area contributed by atoms with Crippen molar-refractivity contribution in [1.82, 2.24) is 5.32 Å². The van der Waals surface area contributed by atoms with E-state index in [9.17, 15) is 4.79 Å². The molecule has 0 saturated heterocycles. The van der Waals surface area contributed by atoms with Crippen LogP contribution in [0.4, 0.5) is 0 Å². The number of amides is 1. The molecule has 2 rings (SSSR count). The van der Waals surface area contributed by atoms with Crippen LogP contribution in [-0.4, -0.2) is 5.91 Å². The van der Waals surface area contributed by atoms with Crippen LogP contribution in [0.25, 0.3) is 0 Å². The van der Waals surface area contributed by atoms with E-state index in [1.807, 2.05) is 0 Å². The van der Waals surface area contributed by atoms with Gasteiger partial charge in [-0.1, -0.05) is 19.9 Å². The Kier molecular flexibility index (Phi) is 1.98. The van der Waals surface area contributed by atoms with Gasteiger partial charge in [-0.05, 0) is 29.9 Å². The fraction of sp³-hybridized carbons (Fsp3) is 0.545. The second-order valence-corrected chi connectivity index (χ2v) is 3.99. The normalized spacial score (nSPS) is 32.9. The number of hydrogen-bond donors (Lipinski definition) is 1. The third-order valence-corrected chi connectivity index (χ3v) is 3.15. The summed E-state index contributed by atoms with van der Waals surface area (Å²) in [5.41, 5.74) is 2.48. The molecule has 0 radical (unpaired) electrons. The topological polar surface area (TPSA) is 29.1 Å². The molecule has 13 heavy (non-hydrogen) atoms. The van der Waals surface area contributed by atoms with Gasteiger partial charge in [0.05, 0.1) is 0 Å². The molecule has 0 bridgehead atoms. The number of nitrogens with one attached hydrogen (secondary N) is 1. The highest BCUT2D eigenvalue weighted by molar-refractivity contribution is 5.80. The Bertz CT molecular complexity index is 301. The van der Waals surface area contributed by atoms with Gasteiger partial charge in [-0.3, -0.25) is 4.79 Å². The number of rotatable bonds is 0. The van der Waals surface area contributed by atoms with Crippen molar-refractivity contribution in [3.05, 3.63) is 23.4 Å². The Morgan fingerprint density at radius 2 is 2.15 bits per heavy atom. The minimum absolute atomic E-state index is 0.158. The van der Waals surface area contributed by atoms with Crippen LogP contribution >= 0.6 is 0 Å². The second-order valence-electron chi connectivity index (χ2n) is 3.99. The van der Waals surface area contributed by atoms with E-state index in [-0.39, 0.29) is 5.91 Å². The summed E-state index contributed by atoms with van der Waals surface area (Å²) >= 11 is 0. The fourth-order valence-corrected chi connectivity index (χ4v) is 2.03. The van der Waals surface area contributed by atoms with Crippen molar-refractivity contribution < 1.29 is 4.79 Å². The Labute approximate surface area is 78.7 Å². The molecule has 2 atom stereocenters. The molecule has 0 spiro atoms. The molecule has 2 nitrogen and oxygen atoms in total. The van der Waals surface area contributed by atoms with Crippen LogP contribution in [-0.2, 0) is 4.79 Å². The zero-order valence-corrected chi connectivity index (χ0v) is 8.13. The zero-order chi connectivity index (χ0) is 9.42. The Balaban J connectivity index is 2.30. The quantitative estimate of drug-likeness (QED) is 0.602. The van der Waals surface area contributed by atoms with Gasteiger partial charge in [0.15, 0.2) is 0 Å². The molecule has 2 heteroatoms. The molecule has 2 aliphatic rings. The van der Waals surface area contributed by atoms with Gasteiger partial charge in [-0.15, -0.1) is 0 Å². The molecule has 0 aromatic heterocycles. The highest BCUT2D eigenvalue weighted by Gasteiger charge is 2.25. The maximum absolute atomic E-state index is 11.1. The van der Waals surface area contributed by atoms with Gasteiger partial charge < -0.3 is 5.32 Å². The average Bonchev–Trinajstić information content (AvgIpc) is 2.12. The summed E-state index contributed by atoms with van der Waals surface area (Å²) in [7, 11) is 0. The first kappa shape index (κ1) is 8.54. The largest absolute Gasteiger partial charge is 0.326 e. The second kappa shape index (κ2) is 3.02. The number of carbonyl (C=O) groups is 1. The summed E-state index contributed by atoms with van der Waals surface area (Å²) in [5.74, 6) is 1.35. The lowest BCUT2D eigenvalue weighted by molar-refractivity contribution is -0.120. The summed E-state index contributed by atoms with van der Waals surface area (Å²) in [6.07, 6.45) is 5.83. The molecule has 1 aliphatic carbocycles. The van der Waals surface area contributed by atoms with Gasteiger partial charge in [-0.2, -0.15) is 0 Å². The molecule has 0 aromatic carbocycles. The lowest BCUT2D eigenvalue weighted by Crippen LogP contribution is -2.31. The third-order valence-electron chi connectivity index (χ3n) is 3.15. The molecule has 0 fully saturated rings. The van der Waals surface area contributed by atoms with Crippen LogP contribution in [0.1, 0.15) is 26.7 Å². The van der Waals surface area contributed by atoms with Crippen molar-refractivity contribution >= 4 is 5.91 Å². The molecule has 2 unspecified atom stereocenters. The average molecular weight is 177 g/mol. The SMILES string of the molecule is CC1C=CC2=C(CCC(=O)N2)C1C. The van der Waals surface area contributed by atoms with E-state index in [1.165, 1.54) is 5.57 Å². The standard InChI is InChI=1S/C11H15NO/c1-7-3-5-10-9(8(7)2)4-6-11(13)12-10/h3,5,7-8H,4,6H2,1-2H3,(H,12,13). The van der Waals surface area contributed by atoms with Gasteiger partial charge in [0.1, 0.15) is 0 Å². The van der Waals surface area contributed by atoms with Crippen molar-refractivity contribution in [3.63, 3.8) is 0 Å². The first-order valence-corrected chi connectivity index (χ1v) is 4.89. The predicted molar refractivity (Wildman–Crippen MR) is 51.9 cm³/mol. The zero-order valence-electron chi connectivity index (χ0n) is 8.13. The molecule has 70 valence electrons. The van der Waals surface area contributed by atoms with Crippen molar-refractivity contribution in [2.45, 2.75) is 26.7 Å². The van der Waals surface area contributed by atoms with Crippen LogP contribution in [0.3, 0.4) is 0 Å². The Hall–Kier alpha value is -1.05. The molecule has 1 heterocycles. The minimum atomic E-state index is 0.158. The van der Waals surface area contributed by atoms with Crippen LogP contribution in [0.5, 0.6) is 0 Å². The van der Waals surface area contributed by atoms with Crippen LogP contribution < -0.4 is 5.32 Å². The summed E-state index contributed by atoms with van der Waals surface area (Å²) in [5, 5.41) is 2.92. The molecule has 1 aliphatic heterocycles. The van der Waals surface area contributed by atoms with Gasteiger partial charge >= 0.3 is 0 Å². The summed E-state index contributed by atoms with van der Waals surface area (Å²) in [6.45, 7) is 4.46. The molecule has 1 N–H and O–H groups in total. The van der Waals surface area contributed by atoms with E-state index in [2.05, 4.69) is 31.3 Å². The van der Waals surface area contributed by atoms with E-state index in [1.54, 1.807) is 0 Å². The van der Waals surface area contributed by atoms with Crippen molar-refractivity contribution in [2.75, 3.05) is 0 Å². The number of hydrogen-bond acceptors (Lipinski definition) is 1.